The summed E-state index contributed by atoms with van der Waals surface area (Å²) in [6, 6.07) is 8.33. The molecule has 0 aliphatic carbocycles. The van der Waals surface area contributed by atoms with E-state index in [2.05, 4.69) is 10.3 Å². The standard InChI is InChI=1S/C13H11N3O4/c14-12(19)8-3-1-2-4-9(8)15-13(20)7-5-10(17)16-11(18)6-7/h1-6H,(H2,14,19)(H,15,20)(H2,16,17,18). The zero-order valence-corrected chi connectivity index (χ0v) is 10.2. The predicted molar refractivity (Wildman–Crippen MR) is 71.6 cm³/mol. The molecule has 1 heterocycles. The van der Waals surface area contributed by atoms with Crippen molar-refractivity contribution in [1.29, 1.82) is 0 Å². The fourth-order valence-corrected chi connectivity index (χ4v) is 1.66. The summed E-state index contributed by atoms with van der Waals surface area (Å²) in [4.78, 5) is 36.5. The number of carbonyl (C=O) groups excluding carboxylic acids is 2. The van der Waals surface area contributed by atoms with Gasteiger partial charge in [-0.25, -0.2) is 0 Å². The fraction of sp³-hybridized carbons (Fsp3) is 0. The van der Waals surface area contributed by atoms with Crippen molar-refractivity contribution in [1.82, 2.24) is 4.98 Å². The molecule has 0 fully saturated rings. The van der Waals surface area contributed by atoms with Gasteiger partial charge in [-0.3, -0.25) is 19.4 Å². The molecule has 2 amide bonds. The Labute approximate surface area is 113 Å². The van der Waals surface area contributed by atoms with Crippen molar-refractivity contribution in [2.45, 2.75) is 0 Å². The Balaban J connectivity index is 2.33. The summed E-state index contributed by atoms with van der Waals surface area (Å²) in [7, 11) is 0. The number of hydrogen-bond acceptors (Lipinski definition) is 4. The molecule has 20 heavy (non-hydrogen) atoms. The van der Waals surface area contributed by atoms with Crippen LogP contribution in [0.25, 0.3) is 0 Å². The number of benzene rings is 1. The maximum Gasteiger partial charge on any atom is 0.256 e. The molecule has 0 unspecified atom stereocenters. The van der Waals surface area contributed by atoms with Crippen LogP contribution in [0, 0.1) is 0 Å². The molecule has 1 aromatic heterocycles. The smallest absolute Gasteiger partial charge is 0.256 e. The number of pyridine rings is 1. The highest BCUT2D eigenvalue weighted by atomic mass is 16.3. The number of carbonyl (C=O) groups is 2. The average molecular weight is 273 g/mol. The van der Waals surface area contributed by atoms with Crippen LogP contribution < -0.4 is 16.6 Å². The lowest BCUT2D eigenvalue weighted by atomic mass is 10.1. The molecule has 0 radical (unpaired) electrons. The number of anilines is 1. The van der Waals surface area contributed by atoms with Crippen LogP contribution >= 0.6 is 0 Å². The average Bonchev–Trinajstić information content (AvgIpc) is 2.37. The van der Waals surface area contributed by atoms with E-state index in [9.17, 15) is 19.5 Å². The number of nitrogens with one attached hydrogen (secondary N) is 2. The van der Waals surface area contributed by atoms with E-state index in [0.29, 0.717) is 0 Å². The molecular weight excluding hydrogens is 262 g/mol. The topological polar surface area (TPSA) is 125 Å². The minimum absolute atomic E-state index is 0.0366. The van der Waals surface area contributed by atoms with Gasteiger partial charge in [0.1, 0.15) is 0 Å². The SMILES string of the molecule is NC(=O)c1ccccc1NC(=O)c1cc(O)[nH]c(=O)c1. The molecule has 0 saturated carbocycles. The Morgan fingerprint density at radius 1 is 1.20 bits per heavy atom. The molecular formula is C13H11N3O4. The van der Waals surface area contributed by atoms with Crippen molar-refractivity contribution in [3.05, 3.63) is 57.9 Å². The molecule has 5 N–H and O–H groups in total. The van der Waals surface area contributed by atoms with E-state index >= 15 is 0 Å². The first-order valence-corrected chi connectivity index (χ1v) is 5.61. The number of aromatic hydroxyl groups is 1. The van der Waals surface area contributed by atoms with Gasteiger partial charge in [0.25, 0.3) is 17.4 Å². The van der Waals surface area contributed by atoms with E-state index < -0.39 is 23.3 Å². The van der Waals surface area contributed by atoms with Gasteiger partial charge in [-0.1, -0.05) is 12.1 Å². The Kier molecular flexibility index (Phi) is 3.52. The van der Waals surface area contributed by atoms with Crippen LogP contribution in [0.2, 0.25) is 0 Å². The van der Waals surface area contributed by atoms with Gasteiger partial charge in [-0.2, -0.15) is 0 Å². The quantitative estimate of drug-likeness (QED) is 0.647. The van der Waals surface area contributed by atoms with Crippen LogP contribution in [-0.4, -0.2) is 21.9 Å². The van der Waals surface area contributed by atoms with Crippen LogP contribution in [0.5, 0.6) is 5.88 Å². The molecule has 0 bridgehead atoms. The lowest BCUT2D eigenvalue weighted by Crippen LogP contribution is -2.19. The third kappa shape index (κ3) is 2.83. The van der Waals surface area contributed by atoms with E-state index in [1.54, 1.807) is 12.1 Å². The van der Waals surface area contributed by atoms with Gasteiger partial charge in [-0.05, 0) is 12.1 Å². The lowest BCUT2D eigenvalue weighted by Gasteiger charge is -2.08. The summed E-state index contributed by atoms with van der Waals surface area (Å²) in [5.41, 5.74) is 4.92. The number of aromatic nitrogens is 1. The molecule has 2 rings (SSSR count). The minimum Gasteiger partial charge on any atom is -0.494 e. The zero-order chi connectivity index (χ0) is 14.7. The number of aromatic amines is 1. The first-order chi connectivity index (χ1) is 9.47. The van der Waals surface area contributed by atoms with Crippen molar-refractivity contribution in [3.8, 4) is 5.88 Å². The highest BCUT2D eigenvalue weighted by Crippen LogP contribution is 2.16. The molecule has 1 aromatic carbocycles. The number of nitrogens with two attached hydrogens (primary N) is 1. The monoisotopic (exact) mass is 273 g/mol. The second kappa shape index (κ2) is 5.27. The second-order valence-electron chi connectivity index (χ2n) is 3.98. The highest BCUT2D eigenvalue weighted by Gasteiger charge is 2.12. The number of para-hydroxylation sites is 1. The van der Waals surface area contributed by atoms with Gasteiger partial charge in [0.2, 0.25) is 0 Å². The Hall–Kier alpha value is -3.09. The largest absolute Gasteiger partial charge is 0.494 e. The summed E-state index contributed by atoms with van der Waals surface area (Å²) in [6.45, 7) is 0. The predicted octanol–water partition coefficient (Wildman–Crippen LogP) is 0.432. The fourth-order valence-electron chi connectivity index (χ4n) is 1.66. The maximum atomic E-state index is 12.0. The number of hydrogen-bond donors (Lipinski definition) is 4. The van der Waals surface area contributed by atoms with Gasteiger partial charge in [0.05, 0.1) is 16.8 Å². The molecule has 7 nitrogen and oxygen atoms in total. The summed E-state index contributed by atoms with van der Waals surface area (Å²) < 4.78 is 0. The van der Waals surface area contributed by atoms with Crippen LogP contribution in [0.15, 0.2) is 41.2 Å². The van der Waals surface area contributed by atoms with Gasteiger partial charge in [0.15, 0.2) is 5.88 Å². The van der Waals surface area contributed by atoms with Crippen molar-refractivity contribution in [2.75, 3.05) is 5.32 Å². The number of rotatable bonds is 3. The molecule has 0 spiro atoms. The Morgan fingerprint density at radius 3 is 2.55 bits per heavy atom. The summed E-state index contributed by atoms with van der Waals surface area (Å²) >= 11 is 0. The number of amides is 2. The molecule has 0 aliphatic heterocycles. The minimum atomic E-state index is -0.686. The van der Waals surface area contributed by atoms with Crippen molar-refractivity contribution in [3.63, 3.8) is 0 Å². The zero-order valence-electron chi connectivity index (χ0n) is 10.2. The van der Waals surface area contributed by atoms with Crippen LogP contribution in [0.1, 0.15) is 20.7 Å². The van der Waals surface area contributed by atoms with Gasteiger partial charge < -0.3 is 16.2 Å². The van der Waals surface area contributed by atoms with Gasteiger partial charge >= 0.3 is 0 Å². The van der Waals surface area contributed by atoms with E-state index in [4.69, 9.17) is 5.73 Å². The Morgan fingerprint density at radius 2 is 1.90 bits per heavy atom. The van der Waals surface area contributed by atoms with E-state index in [1.807, 2.05) is 0 Å². The van der Waals surface area contributed by atoms with Crippen molar-refractivity contribution < 1.29 is 14.7 Å². The summed E-state index contributed by atoms with van der Waals surface area (Å²) in [5.74, 6) is -1.75. The first-order valence-electron chi connectivity index (χ1n) is 5.61. The van der Waals surface area contributed by atoms with Crippen LogP contribution in [-0.2, 0) is 0 Å². The molecule has 0 saturated heterocycles. The molecule has 102 valence electrons. The highest BCUT2D eigenvalue weighted by molar-refractivity contribution is 6.08. The van der Waals surface area contributed by atoms with Crippen molar-refractivity contribution in [2.24, 2.45) is 5.73 Å². The van der Waals surface area contributed by atoms with E-state index in [-0.39, 0.29) is 16.8 Å². The summed E-state index contributed by atoms with van der Waals surface area (Å²) in [6.07, 6.45) is 0. The van der Waals surface area contributed by atoms with Crippen LogP contribution in [0.3, 0.4) is 0 Å². The summed E-state index contributed by atoms with van der Waals surface area (Å²) in [5, 5.41) is 11.7. The van der Waals surface area contributed by atoms with Gasteiger partial charge in [0, 0.05) is 12.1 Å². The molecule has 7 heteroatoms. The number of primary amides is 1. The molecule has 0 aliphatic rings. The second-order valence-corrected chi connectivity index (χ2v) is 3.98. The Bertz CT molecular complexity index is 736. The van der Waals surface area contributed by atoms with Crippen LogP contribution in [0.4, 0.5) is 5.69 Å². The van der Waals surface area contributed by atoms with E-state index in [1.165, 1.54) is 12.1 Å². The number of H-pyrrole nitrogens is 1. The normalized spacial score (nSPS) is 10.0. The third-order valence-corrected chi connectivity index (χ3v) is 2.53. The maximum absolute atomic E-state index is 12.0. The first kappa shape index (κ1) is 13.3. The van der Waals surface area contributed by atoms with Gasteiger partial charge in [-0.15, -0.1) is 0 Å². The molecule has 0 atom stereocenters. The molecule has 2 aromatic rings. The lowest BCUT2D eigenvalue weighted by molar-refractivity contribution is 0.100. The third-order valence-electron chi connectivity index (χ3n) is 2.53. The van der Waals surface area contributed by atoms with Crippen molar-refractivity contribution >= 4 is 17.5 Å². The van der Waals surface area contributed by atoms with E-state index in [0.717, 1.165) is 12.1 Å².